The standard InChI is InChI=1S/C16H16FNO3/c1-10-5-3-4-6-14(10)18-15(16(20)21-2)11-7-12(17)9-13(19)8-11/h3-9,15,18-19H,1-2H3. The predicted molar refractivity (Wildman–Crippen MR) is 77.6 cm³/mol. The summed E-state index contributed by atoms with van der Waals surface area (Å²) in [6.45, 7) is 1.89. The molecular formula is C16H16FNO3. The van der Waals surface area contributed by atoms with Crippen LogP contribution in [0.3, 0.4) is 0 Å². The van der Waals surface area contributed by atoms with Crippen molar-refractivity contribution in [3.8, 4) is 5.75 Å². The molecule has 0 amide bonds. The first kappa shape index (κ1) is 14.8. The predicted octanol–water partition coefficient (Wildman–Crippen LogP) is 3.17. The number of phenolic OH excluding ortho intramolecular Hbond substituents is 1. The topological polar surface area (TPSA) is 58.6 Å². The minimum absolute atomic E-state index is 0.245. The zero-order chi connectivity index (χ0) is 15.4. The van der Waals surface area contributed by atoms with Crippen molar-refractivity contribution in [2.75, 3.05) is 12.4 Å². The van der Waals surface area contributed by atoms with Crippen molar-refractivity contribution in [1.29, 1.82) is 0 Å². The van der Waals surface area contributed by atoms with Crippen LogP contribution in [0.5, 0.6) is 5.75 Å². The molecule has 0 aliphatic heterocycles. The van der Waals surface area contributed by atoms with E-state index in [-0.39, 0.29) is 5.75 Å². The molecule has 0 heterocycles. The van der Waals surface area contributed by atoms with E-state index < -0.39 is 17.8 Å². The van der Waals surface area contributed by atoms with Gasteiger partial charge in [-0.1, -0.05) is 18.2 Å². The molecule has 2 aromatic rings. The summed E-state index contributed by atoms with van der Waals surface area (Å²) in [6, 6.07) is 9.99. The summed E-state index contributed by atoms with van der Waals surface area (Å²) in [7, 11) is 1.26. The van der Waals surface area contributed by atoms with E-state index >= 15 is 0 Å². The quantitative estimate of drug-likeness (QED) is 0.849. The van der Waals surface area contributed by atoms with E-state index in [2.05, 4.69) is 5.32 Å². The van der Waals surface area contributed by atoms with Gasteiger partial charge in [0.2, 0.25) is 0 Å². The Morgan fingerprint density at radius 2 is 2.00 bits per heavy atom. The van der Waals surface area contributed by atoms with Crippen LogP contribution in [0, 0.1) is 12.7 Å². The van der Waals surface area contributed by atoms with Gasteiger partial charge in [0.1, 0.15) is 11.6 Å². The highest BCUT2D eigenvalue weighted by molar-refractivity contribution is 5.81. The summed E-state index contributed by atoms with van der Waals surface area (Å²) in [5.41, 5.74) is 1.96. The van der Waals surface area contributed by atoms with E-state index in [0.717, 1.165) is 17.3 Å². The van der Waals surface area contributed by atoms with Crippen LogP contribution in [0.2, 0.25) is 0 Å². The van der Waals surface area contributed by atoms with Crippen molar-refractivity contribution in [3.63, 3.8) is 0 Å². The van der Waals surface area contributed by atoms with Gasteiger partial charge in [-0.3, -0.25) is 0 Å². The molecule has 0 aromatic heterocycles. The maximum Gasteiger partial charge on any atom is 0.332 e. The lowest BCUT2D eigenvalue weighted by Crippen LogP contribution is -2.22. The Balaban J connectivity index is 2.39. The van der Waals surface area contributed by atoms with E-state index in [1.54, 1.807) is 0 Å². The zero-order valence-electron chi connectivity index (χ0n) is 11.8. The van der Waals surface area contributed by atoms with E-state index in [0.29, 0.717) is 5.56 Å². The molecule has 0 aliphatic carbocycles. The Morgan fingerprint density at radius 1 is 1.29 bits per heavy atom. The Morgan fingerprint density at radius 3 is 2.62 bits per heavy atom. The number of aryl methyl sites for hydroxylation is 1. The average Bonchev–Trinajstić information content (AvgIpc) is 2.44. The average molecular weight is 289 g/mol. The van der Waals surface area contributed by atoms with Crippen molar-refractivity contribution >= 4 is 11.7 Å². The number of aromatic hydroxyl groups is 1. The number of para-hydroxylation sites is 1. The summed E-state index contributed by atoms with van der Waals surface area (Å²) in [5.74, 6) is -1.43. The van der Waals surface area contributed by atoms with Gasteiger partial charge in [0.25, 0.3) is 0 Å². The lowest BCUT2D eigenvalue weighted by Gasteiger charge is -2.19. The molecule has 0 fully saturated rings. The first-order valence-electron chi connectivity index (χ1n) is 6.40. The summed E-state index contributed by atoms with van der Waals surface area (Å²) < 4.78 is 18.2. The number of hydrogen-bond donors (Lipinski definition) is 2. The number of phenols is 1. The third-order valence-electron chi connectivity index (χ3n) is 3.12. The first-order chi connectivity index (χ1) is 10.0. The highest BCUT2D eigenvalue weighted by Crippen LogP contribution is 2.26. The number of carbonyl (C=O) groups is 1. The summed E-state index contributed by atoms with van der Waals surface area (Å²) >= 11 is 0. The summed E-state index contributed by atoms with van der Waals surface area (Å²) in [5, 5.41) is 12.5. The van der Waals surface area contributed by atoms with Gasteiger partial charge in [-0.25, -0.2) is 9.18 Å². The van der Waals surface area contributed by atoms with Gasteiger partial charge in [-0.05, 0) is 36.2 Å². The Hall–Kier alpha value is -2.56. The molecule has 21 heavy (non-hydrogen) atoms. The van der Waals surface area contributed by atoms with Crippen LogP contribution in [0.4, 0.5) is 10.1 Å². The van der Waals surface area contributed by atoms with Gasteiger partial charge < -0.3 is 15.2 Å². The molecule has 0 radical (unpaired) electrons. The van der Waals surface area contributed by atoms with Crippen molar-refractivity contribution in [3.05, 3.63) is 59.4 Å². The summed E-state index contributed by atoms with van der Waals surface area (Å²) in [4.78, 5) is 12.0. The van der Waals surface area contributed by atoms with Gasteiger partial charge in [0, 0.05) is 11.8 Å². The normalized spacial score (nSPS) is 11.8. The number of rotatable bonds is 4. The maximum atomic E-state index is 13.4. The Bertz CT molecular complexity index is 637. The minimum atomic E-state index is -0.905. The number of nitrogens with one attached hydrogen (secondary N) is 1. The number of methoxy groups -OCH3 is 1. The van der Waals surface area contributed by atoms with Crippen molar-refractivity contribution < 1.29 is 19.0 Å². The monoisotopic (exact) mass is 289 g/mol. The van der Waals surface area contributed by atoms with Crippen molar-refractivity contribution in [1.82, 2.24) is 0 Å². The van der Waals surface area contributed by atoms with Crippen molar-refractivity contribution in [2.45, 2.75) is 13.0 Å². The van der Waals surface area contributed by atoms with Crippen LogP contribution in [-0.4, -0.2) is 18.2 Å². The molecule has 0 saturated carbocycles. The largest absolute Gasteiger partial charge is 0.508 e. The molecule has 0 saturated heterocycles. The van der Waals surface area contributed by atoms with Crippen LogP contribution >= 0.6 is 0 Å². The van der Waals surface area contributed by atoms with Crippen LogP contribution in [0.15, 0.2) is 42.5 Å². The number of carbonyl (C=O) groups excluding carboxylic acids is 1. The molecule has 0 spiro atoms. The number of ether oxygens (including phenoxy) is 1. The molecule has 2 aromatic carbocycles. The van der Waals surface area contributed by atoms with Crippen molar-refractivity contribution in [2.24, 2.45) is 0 Å². The number of anilines is 1. The molecular weight excluding hydrogens is 273 g/mol. The molecule has 1 unspecified atom stereocenters. The second-order valence-corrected chi connectivity index (χ2v) is 4.66. The lowest BCUT2D eigenvalue weighted by molar-refractivity contribution is -0.141. The second-order valence-electron chi connectivity index (χ2n) is 4.66. The number of benzene rings is 2. The second kappa shape index (κ2) is 6.26. The first-order valence-corrected chi connectivity index (χ1v) is 6.40. The zero-order valence-corrected chi connectivity index (χ0v) is 11.8. The Kier molecular flexibility index (Phi) is 4.42. The van der Waals surface area contributed by atoms with Gasteiger partial charge in [-0.15, -0.1) is 0 Å². The smallest absolute Gasteiger partial charge is 0.332 e. The van der Waals surface area contributed by atoms with Crippen LogP contribution < -0.4 is 5.32 Å². The fourth-order valence-electron chi connectivity index (χ4n) is 2.05. The molecule has 0 aliphatic rings. The molecule has 5 heteroatoms. The van der Waals surface area contributed by atoms with Gasteiger partial charge in [-0.2, -0.15) is 0 Å². The van der Waals surface area contributed by atoms with Gasteiger partial charge in [0.15, 0.2) is 6.04 Å². The van der Waals surface area contributed by atoms with E-state index in [1.807, 2.05) is 31.2 Å². The van der Waals surface area contributed by atoms with E-state index in [1.165, 1.54) is 19.2 Å². The molecule has 4 nitrogen and oxygen atoms in total. The summed E-state index contributed by atoms with van der Waals surface area (Å²) in [6.07, 6.45) is 0. The molecule has 0 bridgehead atoms. The fraction of sp³-hybridized carbons (Fsp3) is 0.188. The molecule has 1 atom stereocenters. The Labute approximate surface area is 122 Å². The highest BCUT2D eigenvalue weighted by atomic mass is 19.1. The molecule has 2 N–H and O–H groups in total. The lowest BCUT2D eigenvalue weighted by atomic mass is 10.0. The highest BCUT2D eigenvalue weighted by Gasteiger charge is 2.23. The third kappa shape index (κ3) is 3.51. The number of halogens is 1. The minimum Gasteiger partial charge on any atom is -0.508 e. The van der Waals surface area contributed by atoms with Crippen LogP contribution in [0.25, 0.3) is 0 Å². The number of hydrogen-bond acceptors (Lipinski definition) is 4. The van der Waals surface area contributed by atoms with Crippen LogP contribution in [-0.2, 0) is 9.53 Å². The molecule has 2 rings (SSSR count). The van der Waals surface area contributed by atoms with E-state index in [9.17, 15) is 14.3 Å². The van der Waals surface area contributed by atoms with Gasteiger partial charge in [0.05, 0.1) is 7.11 Å². The fourth-order valence-corrected chi connectivity index (χ4v) is 2.05. The molecule has 110 valence electrons. The third-order valence-corrected chi connectivity index (χ3v) is 3.12. The van der Waals surface area contributed by atoms with E-state index in [4.69, 9.17) is 4.74 Å². The van der Waals surface area contributed by atoms with Crippen LogP contribution in [0.1, 0.15) is 17.2 Å². The number of esters is 1. The maximum absolute atomic E-state index is 13.4. The van der Waals surface area contributed by atoms with Gasteiger partial charge >= 0.3 is 5.97 Å². The SMILES string of the molecule is COC(=O)C(Nc1ccccc1C)c1cc(O)cc(F)c1.